The fourth-order valence-electron chi connectivity index (χ4n) is 11.3. The minimum absolute atomic E-state index is 0.00718. The number of aromatic nitrogens is 2. The Morgan fingerprint density at radius 3 is 1.58 bits per heavy atom. The Balaban J connectivity index is 1.25. The van der Waals surface area contributed by atoms with E-state index >= 15 is 0 Å². The number of rotatable bonds is 2. The molecule has 0 spiro atoms. The second kappa shape index (κ2) is 15.2. The lowest BCUT2D eigenvalue weighted by molar-refractivity contribution is 0.590. The smallest absolute Gasteiger partial charge is 0.252 e. The lowest BCUT2D eigenvalue weighted by atomic mass is 9.33. The summed E-state index contributed by atoms with van der Waals surface area (Å²) in [5.74, 6) is 0. The number of hydrogen-bond acceptors (Lipinski definition) is 3. The molecule has 3 aliphatic rings. The van der Waals surface area contributed by atoms with E-state index in [0.29, 0.717) is 0 Å². The molecule has 0 atom stereocenters. The van der Waals surface area contributed by atoms with E-state index in [0.717, 1.165) is 9.47 Å². The van der Waals surface area contributed by atoms with Crippen LogP contribution in [0.1, 0.15) is 147 Å². The second-order valence-electron chi connectivity index (χ2n) is 24.6. The summed E-state index contributed by atoms with van der Waals surface area (Å²) in [7, 11) is 0. The van der Waals surface area contributed by atoms with Gasteiger partial charge in [0.15, 0.2) is 0 Å². The maximum Gasteiger partial charge on any atom is 0.252 e. The Labute approximate surface area is 488 Å². The molecule has 0 saturated heterocycles. The zero-order chi connectivity index (χ0) is 75.8. The SMILES string of the molecule is [2H]c1c([2H])c2c3c(c1[2H])-n1c4c([2H])c([2H])c(C(C)(C)C)c([2H])c4c4c([2H])c(C(C)(C)C)c([2H])c(c41)N3c1c([2H])c(C)c([2H])c3c1B2c1c([2H])c([2H])c(-n2c4c([2H])c([2H])c(C(C)(C)C)c([2H])c4c4c([2H])c(C(C)(C)C)c([2H])c([2H])c42)c([2H])c1N3c1c([2H])c([2H])c([2H])c2oc3c([2H])c([2H])c([2H])c([2H])c3c12. The third kappa shape index (κ3) is 6.42. The molecule has 3 aromatic heterocycles. The zero-order valence-corrected chi connectivity index (χ0v) is 44.8. The molecule has 0 bridgehead atoms. The van der Waals surface area contributed by atoms with Crippen LogP contribution in [0, 0.1) is 6.92 Å². The van der Waals surface area contributed by atoms with Gasteiger partial charge in [-0.05, 0) is 169 Å². The molecule has 6 heteroatoms. The monoisotopic (exact) mass is 1030 g/mol. The van der Waals surface area contributed by atoms with E-state index in [1.807, 2.05) is 0 Å². The number of fused-ring (bicyclic) bond motifs is 15. The third-order valence-electron chi connectivity index (χ3n) is 15.1. The van der Waals surface area contributed by atoms with Crippen molar-refractivity contribution in [3.63, 3.8) is 0 Å². The summed E-state index contributed by atoms with van der Waals surface area (Å²) in [6, 6.07) is -16.5. The first-order valence-electron chi connectivity index (χ1n) is 38.7. The zero-order valence-electron chi connectivity index (χ0n) is 70.8. The largest absolute Gasteiger partial charge is 0.456 e. The molecule has 0 fully saturated rings. The minimum Gasteiger partial charge on any atom is -0.456 e. The Kier molecular flexibility index (Phi) is 5.29. The summed E-state index contributed by atoms with van der Waals surface area (Å²) >= 11 is 0. The van der Waals surface area contributed by atoms with Crippen LogP contribution >= 0.6 is 0 Å². The molecule has 0 aliphatic carbocycles. The number of para-hydroxylation sites is 2. The summed E-state index contributed by atoms with van der Waals surface area (Å²) in [6.45, 7) is 20.4. The van der Waals surface area contributed by atoms with Crippen molar-refractivity contribution in [3.8, 4) is 11.4 Å². The Hall–Kier alpha value is -7.96. The highest BCUT2D eigenvalue weighted by atomic mass is 16.3. The summed E-state index contributed by atoms with van der Waals surface area (Å²) in [5, 5.41) is -1.33. The molecule has 0 amide bonds. The second-order valence-corrected chi connectivity index (χ2v) is 24.6. The first kappa shape index (κ1) is 26.9. The number of benzene rings is 9. The van der Waals surface area contributed by atoms with Crippen molar-refractivity contribution in [2.45, 2.75) is 112 Å². The van der Waals surface area contributed by atoms with Crippen LogP contribution in [0.5, 0.6) is 0 Å². The van der Waals surface area contributed by atoms with Crippen LogP contribution in [0.25, 0.3) is 76.9 Å². The van der Waals surface area contributed by atoms with Crippen LogP contribution in [-0.4, -0.2) is 15.8 Å². The highest BCUT2D eigenvalue weighted by molar-refractivity contribution is 7.00. The van der Waals surface area contributed by atoms with Crippen molar-refractivity contribution in [1.82, 2.24) is 9.13 Å². The summed E-state index contributed by atoms with van der Waals surface area (Å²) in [5.41, 5.74) is -10.7. The van der Waals surface area contributed by atoms with Gasteiger partial charge >= 0.3 is 0 Å². The van der Waals surface area contributed by atoms with Gasteiger partial charge in [-0.3, -0.25) is 0 Å². The van der Waals surface area contributed by atoms with Gasteiger partial charge in [-0.1, -0.05) is 144 Å². The molecule has 12 aromatic rings. The topological polar surface area (TPSA) is 29.5 Å². The first-order valence-corrected chi connectivity index (χ1v) is 25.7. The van der Waals surface area contributed by atoms with E-state index in [1.165, 1.54) is 16.4 Å². The lowest BCUT2D eigenvalue weighted by Gasteiger charge is -2.46. The van der Waals surface area contributed by atoms with Crippen molar-refractivity contribution in [3.05, 3.63) is 185 Å². The van der Waals surface area contributed by atoms with E-state index in [4.69, 9.17) is 7.16 Å². The number of nitrogens with zero attached hydrogens (tertiary/aromatic N) is 4. The van der Waals surface area contributed by atoms with E-state index in [1.54, 1.807) is 83.1 Å². The number of furan rings is 1. The molecule has 0 radical (unpaired) electrons. The molecule has 0 saturated carbocycles. The number of hydrogen-bond donors (Lipinski definition) is 0. The molecule has 0 N–H and O–H groups in total. The molecule has 3 aliphatic heterocycles. The molecule has 0 unspecified atom stereocenters. The van der Waals surface area contributed by atoms with Gasteiger partial charge in [0.1, 0.15) is 11.2 Å². The molecule has 6 heterocycles. The predicted molar refractivity (Wildman–Crippen MR) is 330 cm³/mol. The summed E-state index contributed by atoms with van der Waals surface area (Å²) < 4.78 is 270. The van der Waals surface area contributed by atoms with Gasteiger partial charge in [-0.15, -0.1) is 0 Å². The summed E-state index contributed by atoms with van der Waals surface area (Å²) in [4.78, 5) is 2.46. The molecule has 15 rings (SSSR count). The van der Waals surface area contributed by atoms with E-state index in [-0.39, 0.29) is 130 Å². The minimum atomic E-state index is -1.90. The van der Waals surface area contributed by atoms with Gasteiger partial charge in [0.25, 0.3) is 6.71 Å². The van der Waals surface area contributed by atoms with Gasteiger partial charge in [0.2, 0.25) is 0 Å². The van der Waals surface area contributed by atoms with Gasteiger partial charge < -0.3 is 23.4 Å². The first-order chi connectivity index (χ1) is 47.6. The lowest BCUT2D eigenvalue weighted by Crippen LogP contribution is -2.61. The molecular formula is C71H65BN4O. The molecular weight excluding hydrogens is 936 g/mol. The van der Waals surface area contributed by atoms with E-state index in [9.17, 15) is 32.9 Å². The highest BCUT2D eigenvalue weighted by Gasteiger charge is 2.47. The van der Waals surface area contributed by atoms with Crippen LogP contribution in [0.4, 0.5) is 34.1 Å². The van der Waals surface area contributed by atoms with Crippen LogP contribution in [-0.2, 0) is 21.7 Å². The van der Waals surface area contributed by atoms with Crippen LogP contribution in [0.3, 0.4) is 0 Å². The molecule has 9 aromatic carbocycles. The van der Waals surface area contributed by atoms with Gasteiger partial charge in [-0.25, -0.2) is 0 Å². The van der Waals surface area contributed by atoms with E-state index in [2.05, 4.69) is 0 Å². The van der Waals surface area contributed by atoms with Crippen LogP contribution in [0.2, 0.25) is 0 Å². The standard InChI is InChI=1S/C71H65BN4O/c1-40-32-59-65-60(33-40)76-61-38-44(71(11,12)13)37-50-49-36-43(70(8,9)10)26-31-55(49)75(66(50)61)57-21-16-19-52(67(57)76)72(65)51-28-27-45(39-58(51)74(59)56-20-17-23-63-64(56)46-18-14-15-22-62(46)77-63)73-53-29-24-41(68(2,3)4)34-47(53)48-35-42(69(5,6)7)25-30-54(48)73/h14-39H,1-13H3/i14D,15D,16D,17D,18D,19D,20D,21D,22D,23D,24D,25D,26D,27D,28D,29D,30D,31D,32D,33D,34D,35D,36D,37D,38D,39D. The van der Waals surface area contributed by atoms with Crippen LogP contribution in [0.15, 0.2) is 162 Å². The van der Waals surface area contributed by atoms with Crippen molar-refractivity contribution >= 4 is 123 Å². The Bertz CT molecular complexity index is 6070. The van der Waals surface area contributed by atoms with Crippen molar-refractivity contribution in [1.29, 1.82) is 0 Å². The predicted octanol–water partition coefficient (Wildman–Crippen LogP) is 17.7. The average Bonchev–Trinajstić information content (AvgIpc) is 1.63. The summed E-state index contributed by atoms with van der Waals surface area (Å²) in [6.07, 6.45) is 0. The van der Waals surface area contributed by atoms with Crippen molar-refractivity contribution in [2.24, 2.45) is 0 Å². The third-order valence-corrected chi connectivity index (χ3v) is 15.1. The Morgan fingerprint density at radius 1 is 0.403 bits per heavy atom. The normalized spacial score (nSPS) is 18.9. The molecule has 378 valence electrons. The van der Waals surface area contributed by atoms with Crippen molar-refractivity contribution in [2.75, 3.05) is 9.80 Å². The van der Waals surface area contributed by atoms with Gasteiger partial charge in [0.05, 0.1) is 85.8 Å². The molecule has 5 nitrogen and oxygen atoms in total. The van der Waals surface area contributed by atoms with Gasteiger partial charge in [-0.2, -0.15) is 0 Å². The fraction of sp³-hybridized carbons (Fsp3) is 0.239. The average molecular weight is 1030 g/mol. The maximum absolute atomic E-state index is 11.2. The highest BCUT2D eigenvalue weighted by Crippen LogP contribution is 2.55. The maximum atomic E-state index is 11.2. The Morgan fingerprint density at radius 2 is 0.948 bits per heavy atom. The van der Waals surface area contributed by atoms with Crippen molar-refractivity contribution < 1.29 is 40.1 Å². The fourth-order valence-corrected chi connectivity index (χ4v) is 11.3. The quantitative estimate of drug-likeness (QED) is 0.162. The van der Waals surface area contributed by atoms with Crippen LogP contribution < -0.4 is 26.2 Å². The van der Waals surface area contributed by atoms with E-state index < -0.39 is 210 Å². The number of anilines is 6. The molecule has 77 heavy (non-hydrogen) atoms. The van der Waals surface area contributed by atoms with Gasteiger partial charge in [0, 0.05) is 49.7 Å².